The first-order valence-corrected chi connectivity index (χ1v) is 7.71. The van der Waals surface area contributed by atoms with E-state index >= 15 is 0 Å². The maximum atomic E-state index is 6.19. The van der Waals surface area contributed by atoms with Crippen LogP contribution in [0.2, 0.25) is 5.15 Å². The molecule has 5 heteroatoms. The summed E-state index contributed by atoms with van der Waals surface area (Å²) in [5.41, 5.74) is 0.994. The molecule has 0 radical (unpaired) electrons. The third-order valence-electron chi connectivity index (χ3n) is 3.86. The number of hydrogen-bond donors (Lipinski definition) is 0. The van der Waals surface area contributed by atoms with Crippen LogP contribution in [-0.2, 0) is 0 Å². The number of hydrogen-bond acceptors (Lipinski definition) is 4. The fraction of sp³-hybridized carbons (Fsp3) is 0.375. The van der Waals surface area contributed by atoms with E-state index in [0.717, 1.165) is 44.1 Å². The van der Waals surface area contributed by atoms with Crippen LogP contribution in [0.1, 0.15) is 6.92 Å². The van der Waals surface area contributed by atoms with Crippen LogP contribution >= 0.6 is 11.6 Å². The molecule has 110 valence electrons. The molecule has 0 spiro atoms. The van der Waals surface area contributed by atoms with Gasteiger partial charge in [0.2, 0.25) is 0 Å². The predicted octanol–water partition coefficient (Wildman–Crippen LogP) is 2.94. The van der Waals surface area contributed by atoms with E-state index in [0.29, 0.717) is 11.0 Å². The highest BCUT2D eigenvalue weighted by Gasteiger charge is 2.18. The van der Waals surface area contributed by atoms with Crippen LogP contribution in [0.3, 0.4) is 0 Å². The van der Waals surface area contributed by atoms with Gasteiger partial charge < -0.3 is 9.80 Å². The number of benzene rings is 1. The fourth-order valence-electron chi connectivity index (χ4n) is 2.58. The standard InChI is InChI=1S/C16H19ClN4/c1-2-20-8-10-21(11-9-20)15-12-14(17)18-16(19-15)13-6-4-3-5-7-13/h3-7,12H,2,8-11H2,1H3. The van der Waals surface area contributed by atoms with Crippen LogP contribution in [0, 0.1) is 0 Å². The molecule has 0 aliphatic carbocycles. The summed E-state index contributed by atoms with van der Waals surface area (Å²) in [6, 6.07) is 11.8. The molecule has 0 unspecified atom stereocenters. The van der Waals surface area contributed by atoms with Crippen molar-refractivity contribution in [2.75, 3.05) is 37.6 Å². The summed E-state index contributed by atoms with van der Waals surface area (Å²) in [6.07, 6.45) is 0. The Morgan fingerprint density at radius 1 is 1.05 bits per heavy atom. The molecule has 1 aromatic heterocycles. The van der Waals surface area contributed by atoms with Gasteiger partial charge in [0.15, 0.2) is 5.82 Å². The summed E-state index contributed by atoms with van der Waals surface area (Å²) >= 11 is 6.19. The largest absolute Gasteiger partial charge is 0.354 e. The molecule has 0 N–H and O–H groups in total. The van der Waals surface area contributed by atoms with Gasteiger partial charge in [-0.05, 0) is 6.54 Å². The van der Waals surface area contributed by atoms with Crippen LogP contribution in [0.4, 0.5) is 5.82 Å². The zero-order chi connectivity index (χ0) is 14.7. The van der Waals surface area contributed by atoms with Gasteiger partial charge in [-0.15, -0.1) is 0 Å². The Morgan fingerprint density at radius 3 is 2.43 bits per heavy atom. The summed E-state index contributed by atoms with van der Waals surface area (Å²) in [5.74, 6) is 1.61. The van der Waals surface area contributed by atoms with Crippen molar-refractivity contribution in [1.29, 1.82) is 0 Å². The van der Waals surface area contributed by atoms with Crippen molar-refractivity contribution in [2.24, 2.45) is 0 Å². The Bertz CT molecular complexity index is 594. The van der Waals surface area contributed by atoms with Gasteiger partial charge in [-0.3, -0.25) is 0 Å². The number of nitrogens with zero attached hydrogens (tertiary/aromatic N) is 4. The second-order valence-corrected chi connectivity index (χ2v) is 5.55. The molecule has 2 heterocycles. The first kappa shape index (κ1) is 14.3. The molecule has 21 heavy (non-hydrogen) atoms. The van der Waals surface area contributed by atoms with Gasteiger partial charge in [0.05, 0.1) is 0 Å². The second-order valence-electron chi connectivity index (χ2n) is 5.16. The van der Waals surface area contributed by atoms with Gasteiger partial charge in [0.25, 0.3) is 0 Å². The molecule has 0 atom stereocenters. The van der Waals surface area contributed by atoms with Crippen molar-refractivity contribution in [3.8, 4) is 11.4 Å². The van der Waals surface area contributed by atoms with Gasteiger partial charge >= 0.3 is 0 Å². The van der Waals surface area contributed by atoms with E-state index in [1.165, 1.54) is 0 Å². The first-order chi connectivity index (χ1) is 10.3. The minimum atomic E-state index is 0.497. The van der Waals surface area contributed by atoms with Crippen molar-refractivity contribution in [2.45, 2.75) is 6.92 Å². The predicted molar refractivity (Wildman–Crippen MR) is 86.8 cm³/mol. The molecule has 1 fully saturated rings. The molecule has 1 aromatic carbocycles. The lowest BCUT2D eigenvalue weighted by Gasteiger charge is -2.34. The maximum absolute atomic E-state index is 6.19. The second kappa shape index (κ2) is 6.41. The van der Waals surface area contributed by atoms with E-state index < -0.39 is 0 Å². The van der Waals surface area contributed by atoms with Crippen molar-refractivity contribution >= 4 is 17.4 Å². The van der Waals surface area contributed by atoms with Crippen molar-refractivity contribution in [3.63, 3.8) is 0 Å². The molecule has 0 amide bonds. The highest BCUT2D eigenvalue weighted by atomic mass is 35.5. The molecular weight excluding hydrogens is 284 g/mol. The van der Waals surface area contributed by atoms with Crippen molar-refractivity contribution < 1.29 is 0 Å². The van der Waals surface area contributed by atoms with Crippen LogP contribution in [-0.4, -0.2) is 47.6 Å². The highest BCUT2D eigenvalue weighted by molar-refractivity contribution is 6.29. The fourth-order valence-corrected chi connectivity index (χ4v) is 2.75. The van der Waals surface area contributed by atoms with Gasteiger partial charge in [-0.1, -0.05) is 48.9 Å². The zero-order valence-corrected chi connectivity index (χ0v) is 12.9. The van der Waals surface area contributed by atoms with Crippen molar-refractivity contribution in [1.82, 2.24) is 14.9 Å². The van der Waals surface area contributed by atoms with E-state index in [4.69, 9.17) is 16.6 Å². The van der Waals surface area contributed by atoms with Gasteiger partial charge in [0, 0.05) is 37.8 Å². The lowest BCUT2D eigenvalue weighted by atomic mass is 10.2. The molecule has 1 aliphatic heterocycles. The van der Waals surface area contributed by atoms with Crippen LogP contribution in [0.5, 0.6) is 0 Å². The number of aromatic nitrogens is 2. The molecule has 2 aromatic rings. The molecule has 0 bridgehead atoms. The van der Waals surface area contributed by atoms with E-state index in [9.17, 15) is 0 Å². The monoisotopic (exact) mass is 302 g/mol. The smallest absolute Gasteiger partial charge is 0.163 e. The molecule has 4 nitrogen and oxygen atoms in total. The van der Waals surface area contributed by atoms with E-state index in [1.807, 2.05) is 36.4 Å². The van der Waals surface area contributed by atoms with Crippen LogP contribution in [0.15, 0.2) is 36.4 Å². The zero-order valence-electron chi connectivity index (χ0n) is 12.2. The molecule has 0 saturated carbocycles. The quantitative estimate of drug-likeness (QED) is 0.816. The highest BCUT2D eigenvalue weighted by Crippen LogP contribution is 2.23. The number of rotatable bonds is 3. The average molecular weight is 303 g/mol. The Hall–Kier alpha value is -1.65. The van der Waals surface area contributed by atoms with Crippen molar-refractivity contribution in [3.05, 3.63) is 41.6 Å². The number of halogens is 1. The summed E-state index contributed by atoms with van der Waals surface area (Å²) in [4.78, 5) is 13.8. The SMILES string of the molecule is CCN1CCN(c2cc(Cl)nc(-c3ccccc3)n2)CC1. The Kier molecular flexibility index (Phi) is 4.36. The van der Waals surface area contributed by atoms with Gasteiger partial charge in [-0.25, -0.2) is 9.97 Å². The van der Waals surface area contributed by atoms with Gasteiger partial charge in [-0.2, -0.15) is 0 Å². The van der Waals surface area contributed by atoms with Crippen LogP contribution < -0.4 is 4.90 Å². The molecule has 1 saturated heterocycles. The molecule has 1 aliphatic rings. The summed E-state index contributed by atoms with van der Waals surface area (Å²) < 4.78 is 0. The first-order valence-electron chi connectivity index (χ1n) is 7.33. The Balaban J connectivity index is 1.85. The Labute approximate surface area is 130 Å². The minimum Gasteiger partial charge on any atom is -0.354 e. The minimum absolute atomic E-state index is 0.497. The number of piperazine rings is 1. The summed E-state index contributed by atoms with van der Waals surface area (Å²) in [6.45, 7) is 7.40. The van der Waals surface area contributed by atoms with E-state index in [1.54, 1.807) is 0 Å². The average Bonchev–Trinajstić information content (AvgIpc) is 2.55. The lowest BCUT2D eigenvalue weighted by molar-refractivity contribution is 0.270. The number of likely N-dealkylation sites (N-methyl/N-ethyl adjacent to an activating group) is 1. The summed E-state index contributed by atoms with van der Waals surface area (Å²) in [7, 11) is 0. The number of anilines is 1. The Morgan fingerprint density at radius 2 is 1.76 bits per heavy atom. The van der Waals surface area contributed by atoms with Crippen LogP contribution in [0.25, 0.3) is 11.4 Å². The normalized spacial score (nSPS) is 16.2. The lowest BCUT2D eigenvalue weighted by Crippen LogP contribution is -2.46. The van der Waals surface area contributed by atoms with Gasteiger partial charge in [0.1, 0.15) is 11.0 Å². The topological polar surface area (TPSA) is 32.3 Å². The molecule has 3 rings (SSSR count). The van der Waals surface area contributed by atoms with E-state index in [2.05, 4.69) is 21.7 Å². The molecular formula is C16H19ClN4. The third kappa shape index (κ3) is 3.34. The third-order valence-corrected chi connectivity index (χ3v) is 4.05. The summed E-state index contributed by atoms with van der Waals surface area (Å²) in [5, 5.41) is 0.497. The maximum Gasteiger partial charge on any atom is 0.163 e. The van der Waals surface area contributed by atoms with E-state index in [-0.39, 0.29) is 0 Å².